The average molecular weight is 1060 g/mol. The van der Waals surface area contributed by atoms with Crippen molar-refractivity contribution >= 4 is 15.6 Å². The van der Waals surface area contributed by atoms with E-state index in [4.69, 9.17) is 46.1 Å². The number of phosphoric ester groups is 2. The van der Waals surface area contributed by atoms with Crippen molar-refractivity contribution in [3.8, 4) is 0 Å². The standard InChI is InChI=1S/C62H62O12P2/c63-75(69-45-53-33-17-5-18-34-53,70-46-54-35-19-6-20-36-54)73-61-59(67-43-51-29-13-3-14-30-51)57(65-41-49-25-9-1-10-26-49)58(66-42-50-27-11-2-12-28-50)60(68-44-52-31-15-4-16-32-52)62(61)74-76(64,71-47-55-37-21-7-22-38-55)72-48-56-39-23-8-24-40-56/h1-40,57-62H,41-48H2/t57-,58-,59+,60+,61-,62+/m0/s1. The van der Waals surface area contributed by atoms with Crippen molar-refractivity contribution in [2.75, 3.05) is 0 Å². The lowest BCUT2D eigenvalue weighted by Crippen LogP contribution is -2.67. The zero-order valence-electron chi connectivity index (χ0n) is 42.0. The number of hydrogen-bond acceptors (Lipinski definition) is 12. The summed E-state index contributed by atoms with van der Waals surface area (Å²) < 4.78 is 99.6. The predicted octanol–water partition coefficient (Wildman–Crippen LogP) is 14.2. The molecular formula is C62H62O12P2. The van der Waals surface area contributed by atoms with E-state index in [2.05, 4.69) is 0 Å². The summed E-state index contributed by atoms with van der Waals surface area (Å²) >= 11 is 0. The molecule has 0 saturated heterocycles. The highest BCUT2D eigenvalue weighted by Crippen LogP contribution is 2.58. The SMILES string of the molecule is O=P(OCc1ccccc1)(OCc1ccccc1)O[C@@H]1[C@H](OCc2ccccc2)[C@@H](OCc2ccccc2)[C@H](OCc2ccccc2)[C@@H](OCc2ccccc2)[C@@H]1OP(=O)(OCc1ccccc1)OCc1ccccc1. The summed E-state index contributed by atoms with van der Waals surface area (Å²) in [5, 5.41) is 0. The van der Waals surface area contributed by atoms with E-state index in [1.807, 2.05) is 243 Å². The maximum Gasteiger partial charge on any atom is 0.475 e. The summed E-state index contributed by atoms with van der Waals surface area (Å²) in [4.78, 5) is 0. The molecule has 0 amide bonds. The minimum atomic E-state index is -4.75. The van der Waals surface area contributed by atoms with Crippen LogP contribution < -0.4 is 0 Å². The van der Waals surface area contributed by atoms with E-state index in [0.717, 1.165) is 22.3 Å². The highest BCUT2D eigenvalue weighted by Gasteiger charge is 2.59. The van der Waals surface area contributed by atoms with Gasteiger partial charge < -0.3 is 18.9 Å². The summed E-state index contributed by atoms with van der Waals surface area (Å²) in [6.07, 6.45) is -7.68. The van der Waals surface area contributed by atoms with Crippen LogP contribution in [0.2, 0.25) is 0 Å². The molecule has 0 unspecified atom stereocenters. The van der Waals surface area contributed by atoms with Crippen LogP contribution in [0.5, 0.6) is 0 Å². The first-order valence-electron chi connectivity index (χ1n) is 25.3. The zero-order valence-corrected chi connectivity index (χ0v) is 43.8. The molecule has 0 N–H and O–H groups in total. The average Bonchev–Trinajstić information content (AvgIpc) is 3.49. The van der Waals surface area contributed by atoms with Gasteiger partial charge in [-0.2, -0.15) is 0 Å². The summed E-state index contributed by atoms with van der Waals surface area (Å²) in [6.45, 7) is -0.412. The Labute approximate surface area is 445 Å². The van der Waals surface area contributed by atoms with Gasteiger partial charge in [0, 0.05) is 0 Å². The second-order valence-corrected chi connectivity index (χ2v) is 21.4. The second-order valence-electron chi connectivity index (χ2n) is 18.1. The lowest BCUT2D eigenvalue weighted by atomic mass is 9.84. The fourth-order valence-corrected chi connectivity index (χ4v) is 11.3. The maximum absolute atomic E-state index is 15.9. The third kappa shape index (κ3) is 16.4. The van der Waals surface area contributed by atoms with Gasteiger partial charge in [-0.1, -0.05) is 243 Å². The third-order valence-corrected chi connectivity index (χ3v) is 15.3. The maximum atomic E-state index is 15.9. The first kappa shape index (κ1) is 54.6. The molecule has 0 bridgehead atoms. The molecule has 6 atom stereocenters. The number of ether oxygens (including phenoxy) is 4. The molecule has 0 radical (unpaired) electrons. The van der Waals surface area contributed by atoms with Crippen molar-refractivity contribution in [3.63, 3.8) is 0 Å². The molecule has 76 heavy (non-hydrogen) atoms. The van der Waals surface area contributed by atoms with Crippen molar-refractivity contribution in [2.45, 2.75) is 89.5 Å². The molecule has 1 aliphatic rings. The molecule has 1 aliphatic carbocycles. The third-order valence-electron chi connectivity index (χ3n) is 12.5. The van der Waals surface area contributed by atoms with E-state index in [1.165, 1.54) is 0 Å². The molecule has 12 nitrogen and oxygen atoms in total. The van der Waals surface area contributed by atoms with Gasteiger partial charge in [0.05, 0.1) is 52.9 Å². The Morgan fingerprint density at radius 1 is 0.224 bits per heavy atom. The van der Waals surface area contributed by atoms with Gasteiger partial charge in [-0.3, -0.25) is 27.1 Å². The van der Waals surface area contributed by atoms with Crippen LogP contribution in [0.1, 0.15) is 44.5 Å². The lowest BCUT2D eigenvalue weighted by Gasteiger charge is -2.50. The Bertz CT molecular complexity index is 2690. The summed E-state index contributed by atoms with van der Waals surface area (Å²) in [7, 11) is -9.51. The highest BCUT2D eigenvalue weighted by molar-refractivity contribution is 7.48. The highest BCUT2D eigenvalue weighted by atomic mass is 31.2. The van der Waals surface area contributed by atoms with E-state index >= 15 is 9.13 Å². The van der Waals surface area contributed by atoms with Gasteiger partial charge in [0.25, 0.3) is 0 Å². The molecular weight excluding hydrogens is 999 g/mol. The van der Waals surface area contributed by atoms with Gasteiger partial charge in [0.1, 0.15) is 36.6 Å². The molecule has 8 aromatic carbocycles. The van der Waals surface area contributed by atoms with Gasteiger partial charge in [-0.25, -0.2) is 9.13 Å². The van der Waals surface area contributed by atoms with Crippen LogP contribution in [0, 0.1) is 0 Å². The van der Waals surface area contributed by atoms with Crippen LogP contribution >= 0.6 is 15.6 Å². The monoisotopic (exact) mass is 1060 g/mol. The Hall–Kier alpha value is -6.18. The smallest absolute Gasteiger partial charge is 0.368 e. The van der Waals surface area contributed by atoms with Crippen molar-refractivity contribution in [1.29, 1.82) is 0 Å². The summed E-state index contributed by atoms with van der Waals surface area (Å²) in [5.41, 5.74) is 6.18. The van der Waals surface area contributed by atoms with Crippen molar-refractivity contribution in [2.24, 2.45) is 0 Å². The van der Waals surface area contributed by atoms with Gasteiger partial charge in [0.2, 0.25) is 0 Å². The van der Waals surface area contributed by atoms with Crippen molar-refractivity contribution in [3.05, 3.63) is 287 Å². The minimum Gasteiger partial charge on any atom is -0.368 e. The number of phosphoric acid groups is 2. The van der Waals surface area contributed by atoms with Crippen molar-refractivity contribution in [1.82, 2.24) is 0 Å². The first-order valence-corrected chi connectivity index (χ1v) is 28.2. The molecule has 392 valence electrons. The normalized spacial score (nSPS) is 18.8. The molecule has 1 saturated carbocycles. The van der Waals surface area contributed by atoms with E-state index in [-0.39, 0.29) is 52.9 Å². The van der Waals surface area contributed by atoms with Gasteiger partial charge >= 0.3 is 15.6 Å². The van der Waals surface area contributed by atoms with Crippen LogP contribution in [0.25, 0.3) is 0 Å². The predicted molar refractivity (Wildman–Crippen MR) is 290 cm³/mol. The van der Waals surface area contributed by atoms with Crippen LogP contribution in [-0.2, 0) is 108 Å². The summed E-state index contributed by atoms with van der Waals surface area (Å²) in [6, 6.07) is 75.8. The number of hydrogen-bond donors (Lipinski definition) is 0. The Morgan fingerprint density at radius 2 is 0.382 bits per heavy atom. The topological polar surface area (TPSA) is 126 Å². The van der Waals surface area contributed by atoms with Crippen LogP contribution in [0.15, 0.2) is 243 Å². The number of benzene rings is 8. The van der Waals surface area contributed by atoms with E-state index < -0.39 is 52.3 Å². The fourth-order valence-electron chi connectivity index (χ4n) is 8.59. The van der Waals surface area contributed by atoms with Crippen LogP contribution in [0.4, 0.5) is 0 Å². The molecule has 0 aromatic heterocycles. The Balaban J connectivity index is 1.21. The van der Waals surface area contributed by atoms with Crippen LogP contribution in [0.3, 0.4) is 0 Å². The molecule has 0 heterocycles. The Morgan fingerprint density at radius 3 is 0.566 bits per heavy atom. The van der Waals surface area contributed by atoms with Gasteiger partial charge in [-0.05, 0) is 44.5 Å². The quantitative estimate of drug-likeness (QED) is 0.0433. The molecule has 14 heteroatoms. The minimum absolute atomic E-state index is 0.0248. The molecule has 8 aromatic rings. The lowest BCUT2D eigenvalue weighted by molar-refractivity contribution is -0.269. The zero-order chi connectivity index (χ0) is 52.1. The molecule has 0 aliphatic heterocycles. The fraction of sp³-hybridized carbons (Fsp3) is 0.226. The van der Waals surface area contributed by atoms with E-state index in [9.17, 15) is 0 Å². The number of rotatable bonds is 28. The summed E-state index contributed by atoms with van der Waals surface area (Å²) in [5.74, 6) is 0. The Kier molecular flexibility index (Phi) is 20.3. The van der Waals surface area contributed by atoms with Crippen molar-refractivity contribution < 1.29 is 55.2 Å². The second kappa shape index (κ2) is 28.3. The van der Waals surface area contributed by atoms with E-state index in [0.29, 0.717) is 22.3 Å². The molecule has 0 spiro atoms. The molecule has 9 rings (SSSR count). The largest absolute Gasteiger partial charge is 0.475 e. The van der Waals surface area contributed by atoms with Crippen LogP contribution in [-0.4, -0.2) is 36.6 Å². The van der Waals surface area contributed by atoms with E-state index in [1.54, 1.807) is 0 Å². The van der Waals surface area contributed by atoms with Gasteiger partial charge in [-0.15, -0.1) is 0 Å². The van der Waals surface area contributed by atoms with Gasteiger partial charge in [0.15, 0.2) is 0 Å². The first-order chi connectivity index (χ1) is 37.4. The molecule has 1 fully saturated rings.